The highest BCUT2D eigenvalue weighted by Crippen LogP contribution is 2.32. The zero-order valence-electron chi connectivity index (χ0n) is 9.72. The number of benzene rings is 1. The van der Waals surface area contributed by atoms with Crippen molar-refractivity contribution in [3.63, 3.8) is 0 Å². The van der Waals surface area contributed by atoms with E-state index >= 15 is 0 Å². The van der Waals surface area contributed by atoms with Gasteiger partial charge in [-0.15, -0.1) is 0 Å². The number of hydrogen-bond donors (Lipinski definition) is 1. The van der Waals surface area contributed by atoms with Gasteiger partial charge in [-0.2, -0.15) is 0 Å². The second-order valence-corrected chi connectivity index (χ2v) is 4.87. The maximum absolute atomic E-state index is 12.0. The lowest BCUT2D eigenvalue weighted by atomic mass is 10.2. The maximum atomic E-state index is 12.0. The minimum Gasteiger partial charge on any atom is -0.310 e. The van der Waals surface area contributed by atoms with Gasteiger partial charge in [0.05, 0.1) is 16.7 Å². The third kappa shape index (κ3) is 2.23. The Hall–Kier alpha value is -1.47. The van der Waals surface area contributed by atoms with E-state index in [4.69, 9.17) is 0 Å². The molecule has 96 valence electrons. The SMILES string of the molecule is CNC1CCN(c2cc([N+](=O)[O-])ccc2Br)C1=O. The lowest BCUT2D eigenvalue weighted by Crippen LogP contribution is -2.36. The molecule has 0 saturated carbocycles. The van der Waals surface area contributed by atoms with Crippen molar-refractivity contribution in [3.8, 4) is 0 Å². The Morgan fingerprint density at radius 1 is 1.56 bits per heavy atom. The number of non-ortho nitro benzene ring substituents is 1. The summed E-state index contributed by atoms with van der Waals surface area (Å²) in [4.78, 5) is 23.9. The first-order valence-electron chi connectivity index (χ1n) is 5.47. The van der Waals surface area contributed by atoms with Crippen molar-refractivity contribution in [1.82, 2.24) is 5.32 Å². The molecule has 0 bridgehead atoms. The van der Waals surface area contributed by atoms with Gasteiger partial charge >= 0.3 is 0 Å². The number of anilines is 1. The highest BCUT2D eigenvalue weighted by molar-refractivity contribution is 9.10. The summed E-state index contributed by atoms with van der Waals surface area (Å²) in [5, 5.41) is 13.7. The van der Waals surface area contributed by atoms with E-state index < -0.39 is 4.92 Å². The first kappa shape index (κ1) is 13.0. The summed E-state index contributed by atoms with van der Waals surface area (Å²) in [6, 6.07) is 4.20. The number of amides is 1. The number of nitrogens with zero attached hydrogens (tertiary/aromatic N) is 2. The van der Waals surface area contributed by atoms with Crippen LogP contribution >= 0.6 is 15.9 Å². The van der Waals surface area contributed by atoms with Crippen molar-refractivity contribution < 1.29 is 9.72 Å². The molecule has 1 amide bonds. The minimum atomic E-state index is -0.466. The molecule has 7 heteroatoms. The molecule has 1 aliphatic heterocycles. The fourth-order valence-electron chi connectivity index (χ4n) is 2.01. The van der Waals surface area contributed by atoms with Gasteiger partial charge in [-0.1, -0.05) is 0 Å². The first-order valence-corrected chi connectivity index (χ1v) is 6.26. The quantitative estimate of drug-likeness (QED) is 0.680. The van der Waals surface area contributed by atoms with Crippen LogP contribution in [0, 0.1) is 10.1 Å². The Bertz CT molecular complexity index is 506. The molecule has 1 heterocycles. The average molecular weight is 314 g/mol. The Balaban J connectivity index is 2.36. The summed E-state index contributed by atoms with van der Waals surface area (Å²) in [7, 11) is 1.73. The van der Waals surface area contributed by atoms with Gasteiger partial charge in [0, 0.05) is 23.2 Å². The molecule has 2 rings (SSSR count). The molecule has 6 nitrogen and oxygen atoms in total. The maximum Gasteiger partial charge on any atom is 0.271 e. The monoisotopic (exact) mass is 313 g/mol. The predicted octanol–water partition coefficient (Wildman–Crippen LogP) is 1.68. The molecule has 1 fully saturated rings. The van der Waals surface area contributed by atoms with E-state index in [1.807, 2.05) is 0 Å². The minimum absolute atomic E-state index is 0.0195. The summed E-state index contributed by atoms with van der Waals surface area (Å²) in [6.07, 6.45) is 0.699. The number of rotatable bonds is 3. The molecule has 0 spiro atoms. The highest BCUT2D eigenvalue weighted by Gasteiger charge is 2.32. The molecule has 1 aliphatic rings. The summed E-state index contributed by atoms with van der Waals surface area (Å²) in [5.41, 5.74) is 0.529. The summed E-state index contributed by atoms with van der Waals surface area (Å²) in [6.45, 7) is 0.560. The first-order chi connectivity index (χ1) is 8.54. The van der Waals surface area contributed by atoms with Crippen LogP contribution in [0.4, 0.5) is 11.4 Å². The van der Waals surface area contributed by atoms with Gasteiger partial charge in [-0.05, 0) is 35.5 Å². The molecular formula is C11H12BrN3O3. The standard InChI is InChI=1S/C11H12BrN3O3/c1-13-9-4-5-14(11(9)16)10-6-7(15(17)18)2-3-8(10)12/h2-3,6,9,13H,4-5H2,1H3. The third-order valence-corrected chi connectivity index (χ3v) is 3.66. The van der Waals surface area contributed by atoms with E-state index in [1.165, 1.54) is 12.1 Å². The van der Waals surface area contributed by atoms with Crippen molar-refractivity contribution in [2.24, 2.45) is 0 Å². The number of nitro benzene ring substituents is 1. The van der Waals surface area contributed by atoms with Gasteiger partial charge in [0.15, 0.2) is 0 Å². The third-order valence-electron chi connectivity index (χ3n) is 2.99. The second-order valence-electron chi connectivity index (χ2n) is 4.01. The molecule has 1 atom stereocenters. The van der Waals surface area contributed by atoms with Crippen LogP contribution in [0.15, 0.2) is 22.7 Å². The molecule has 1 unspecified atom stereocenters. The van der Waals surface area contributed by atoms with Crippen molar-refractivity contribution >= 4 is 33.2 Å². The van der Waals surface area contributed by atoms with Gasteiger partial charge in [0.1, 0.15) is 0 Å². The van der Waals surface area contributed by atoms with E-state index in [2.05, 4.69) is 21.2 Å². The molecule has 1 saturated heterocycles. The molecule has 1 aromatic rings. The van der Waals surface area contributed by atoms with E-state index in [0.29, 0.717) is 23.1 Å². The number of nitro groups is 1. The van der Waals surface area contributed by atoms with Crippen LogP contribution in [0.1, 0.15) is 6.42 Å². The summed E-state index contributed by atoms with van der Waals surface area (Å²) >= 11 is 3.32. The largest absolute Gasteiger partial charge is 0.310 e. The van der Waals surface area contributed by atoms with Crippen LogP contribution in [-0.4, -0.2) is 30.5 Å². The summed E-state index contributed by atoms with van der Waals surface area (Å²) < 4.78 is 0.679. The van der Waals surface area contributed by atoms with E-state index in [1.54, 1.807) is 18.0 Å². The Morgan fingerprint density at radius 3 is 2.83 bits per heavy atom. The molecule has 1 N–H and O–H groups in total. The van der Waals surface area contributed by atoms with Crippen LogP contribution in [0.5, 0.6) is 0 Å². The lowest BCUT2D eigenvalue weighted by molar-refractivity contribution is -0.384. The fourth-order valence-corrected chi connectivity index (χ4v) is 2.47. The number of halogens is 1. The average Bonchev–Trinajstić information content (AvgIpc) is 2.70. The van der Waals surface area contributed by atoms with Crippen LogP contribution in [0.25, 0.3) is 0 Å². The van der Waals surface area contributed by atoms with Crippen LogP contribution < -0.4 is 10.2 Å². The Kier molecular flexibility index (Phi) is 3.63. The van der Waals surface area contributed by atoms with Crippen molar-refractivity contribution in [2.75, 3.05) is 18.5 Å². The van der Waals surface area contributed by atoms with E-state index in [9.17, 15) is 14.9 Å². The fraction of sp³-hybridized carbons (Fsp3) is 0.364. The number of carbonyl (C=O) groups excluding carboxylic acids is 1. The van der Waals surface area contributed by atoms with Gasteiger partial charge in [-0.25, -0.2) is 0 Å². The Labute approximate surface area is 112 Å². The zero-order valence-corrected chi connectivity index (χ0v) is 11.3. The van der Waals surface area contributed by atoms with Gasteiger partial charge in [0.2, 0.25) is 5.91 Å². The van der Waals surface area contributed by atoms with Crippen molar-refractivity contribution in [3.05, 3.63) is 32.8 Å². The van der Waals surface area contributed by atoms with Crippen molar-refractivity contribution in [2.45, 2.75) is 12.5 Å². The smallest absolute Gasteiger partial charge is 0.271 e. The van der Waals surface area contributed by atoms with Crippen LogP contribution in [0.3, 0.4) is 0 Å². The van der Waals surface area contributed by atoms with Gasteiger partial charge in [0.25, 0.3) is 5.69 Å². The van der Waals surface area contributed by atoms with Gasteiger partial charge < -0.3 is 10.2 Å². The topological polar surface area (TPSA) is 75.5 Å². The highest BCUT2D eigenvalue weighted by atomic mass is 79.9. The molecular weight excluding hydrogens is 302 g/mol. The second kappa shape index (κ2) is 5.03. The number of nitrogens with one attached hydrogen (secondary N) is 1. The number of hydrogen-bond acceptors (Lipinski definition) is 4. The van der Waals surface area contributed by atoms with E-state index in [-0.39, 0.29) is 17.6 Å². The molecule has 0 radical (unpaired) electrons. The molecule has 18 heavy (non-hydrogen) atoms. The van der Waals surface area contributed by atoms with Crippen LogP contribution in [0.2, 0.25) is 0 Å². The van der Waals surface area contributed by atoms with Crippen molar-refractivity contribution in [1.29, 1.82) is 0 Å². The number of carbonyl (C=O) groups is 1. The van der Waals surface area contributed by atoms with Gasteiger partial charge in [-0.3, -0.25) is 14.9 Å². The number of likely N-dealkylation sites (N-methyl/N-ethyl adjacent to an activating group) is 1. The van der Waals surface area contributed by atoms with E-state index in [0.717, 1.165) is 0 Å². The lowest BCUT2D eigenvalue weighted by Gasteiger charge is -2.18. The normalized spacial score (nSPS) is 19.3. The molecule has 0 aromatic heterocycles. The molecule has 1 aromatic carbocycles. The molecule has 0 aliphatic carbocycles. The van der Waals surface area contributed by atoms with Crippen LogP contribution in [-0.2, 0) is 4.79 Å². The zero-order chi connectivity index (χ0) is 13.3. The summed E-state index contributed by atoms with van der Waals surface area (Å²) in [5.74, 6) is -0.0568. The predicted molar refractivity (Wildman–Crippen MR) is 70.6 cm³/mol. The Morgan fingerprint density at radius 2 is 2.28 bits per heavy atom.